The van der Waals surface area contributed by atoms with E-state index >= 15 is 0 Å². The molecular weight excluding hydrogens is 403 g/mol. The van der Waals surface area contributed by atoms with Crippen LogP contribution in [0.2, 0.25) is 15.1 Å². The van der Waals surface area contributed by atoms with Crippen LogP contribution in [-0.2, 0) is 9.53 Å². The molecule has 0 aliphatic heterocycles. The highest BCUT2D eigenvalue weighted by Crippen LogP contribution is 2.29. The van der Waals surface area contributed by atoms with Gasteiger partial charge in [0, 0.05) is 21.8 Å². The Bertz CT molecular complexity index is 838. The first-order valence-corrected chi connectivity index (χ1v) is 8.45. The fourth-order valence-corrected chi connectivity index (χ4v) is 2.73. The Morgan fingerprint density at radius 3 is 2.27 bits per heavy atom. The van der Waals surface area contributed by atoms with Gasteiger partial charge in [-0.1, -0.05) is 34.8 Å². The lowest BCUT2D eigenvalue weighted by molar-refractivity contribution is -0.123. The third kappa shape index (κ3) is 4.94. The van der Waals surface area contributed by atoms with Crippen molar-refractivity contribution in [2.75, 3.05) is 18.2 Å². The predicted octanol–water partition coefficient (Wildman–Crippen LogP) is 4.42. The van der Waals surface area contributed by atoms with Crippen LogP contribution in [0, 0.1) is 0 Å². The van der Waals surface area contributed by atoms with Gasteiger partial charge in [-0.05, 0) is 31.2 Å². The molecule has 0 heterocycles. The number of methoxy groups -OCH3 is 1. The molecule has 0 aromatic heterocycles. The zero-order chi connectivity index (χ0) is 19.4. The zero-order valence-corrected chi connectivity index (χ0v) is 16.1. The van der Waals surface area contributed by atoms with E-state index in [1.165, 1.54) is 44.4 Å². The second-order valence-electron chi connectivity index (χ2n) is 5.27. The average molecular weight is 418 g/mol. The molecule has 138 valence electrons. The van der Waals surface area contributed by atoms with Gasteiger partial charge in [0.05, 0.1) is 17.8 Å². The summed E-state index contributed by atoms with van der Waals surface area (Å²) in [6.07, 6.45) is -1.10. The molecule has 0 aliphatic rings. The molecule has 2 aromatic carbocycles. The van der Waals surface area contributed by atoms with Crippen molar-refractivity contribution in [3.8, 4) is 5.75 Å². The van der Waals surface area contributed by atoms with Gasteiger partial charge in [-0.15, -0.1) is 0 Å². The largest absolute Gasteiger partial charge is 0.496 e. The predicted molar refractivity (Wildman–Crippen MR) is 102 cm³/mol. The number of ether oxygens (including phenoxy) is 2. The fraction of sp³-hybridized carbons (Fsp3) is 0.176. The Hall–Kier alpha value is -2.15. The van der Waals surface area contributed by atoms with Crippen molar-refractivity contribution in [3.05, 3.63) is 51.0 Å². The number of nitrogens with two attached hydrogens (primary N) is 1. The number of carbonyl (C=O) groups excluding carboxylic acids is 2. The number of halogens is 3. The maximum absolute atomic E-state index is 12.3. The molecule has 0 radical (unpaired) electrons. The summed E-state index contributed by atoms with van der Waals surface area (Å²) in [7, 11) is 1.37. The number of benzene rings is 2. The van der Waals surface area contributed by atoms with E-state index in [0.29, 0.717) is 15.7 Å². The van der Waals surface area contributed by atoms with Crippen molar-refractivity contribution in [2.24, 2.45) is 0 Å². The molecule has 6 nitrogen and oxygen atoms in total. The summed E-state index contributed by atoms with van der Waals surface area (Å²) in [5.74, 6) is -1.15. The zero-order valence-electron chi connectivity index (χ0n) is 13.8. The quantitative estimate of drug-likeness (QED) is 0.555. The molecule has 0 spiro atoms. The van der Waals surface area contributed by atoms with Crippen LogP contribution in [0.1, 0.15) is 17.3 Å². The minimum absolute atomic E-state index is 0.0529. The molecule has 1 amide bonds. The van der Waals surface area contributed by atoms with E-state index in [0.717, 1.165) is 0 Å². The first-order valence-electron chi connectivity index (χ1n) is 7.32. The molecule has 0 fully saturated rings. The molecule has 1 unspecified atom stereocenters. The molecule has 0 bridgehead atoms. The molecule has 26 heavy (non-hydrogen) atoms. The molecule has 0 aliphatic carbocycles. The van der Waals surface area contributed by atoms with Crippen LogP contribution in [0.5, 0.6) is 5.75 Å². The van der Waals surface area contributed by atoms with Crippen LogP contribution in [0.3, 0.4) is 0 Å². The highest BCUT2D eigenvalue weighted by Gasteiger charge is 2.22. The van der Waals surface area contributed by atoms with Crippen molar-refractivity contribution < 1.29 is 19.1 Å². The highest BCUT2D eigenvalue weighted by molar-refractivity contribution is 6.35. The van der Waals surface area contributed by atoms with Gasteiger partial charge in [-0.3, -0.25) is 4.79 Å². The smallest absolute Gasteiger partial charge is 0.342 e. The number of hydrogen-bond donors (Lipinski definition) is 2. The number of nitrogens with one attached hydrogen (secondary N) is 1. The van der Waals surface area contributed by atoms with E-state index in [1.54, 1.807) is 0 Å². The molecule has 1 atom stereocenters. The molecule has 2 aromatic rings. The van der Waals surface area contributed by atoms with E-state index < -0.39 is 18.0 Å². The van der Waals surface area contributed by atoms with Gasteiger partial charge >= 0.3 is 5.97 Å². The summed E-state index contributed by atoms with van der Waals surface area (Å²) in [4.78, 5) is 24.6. The summed E-state index contributed by atoms with van der Waals surface area (Å²) >= 11 is 17.7. The van der Waals surface area contributed by atoms with E-state index in [-0.39, 0.29) is 22.0 Å². The molecular formula is C17H15Cl3N2O4. The van der Waals surface area contributed by atoms with Crippen molar-refractivity contribution in [2.45, 2.75) is 13.0 Å². The van der Waals surface area contributed by atoms with Crippen LogP contribution < -0.4 is 15.8 Å². The van der Waals surface area contributed by atoms with Gasteiger partial charge in [0.25, 0.3) is 5.91 Å². The molecule has 0 saturated carbocycles. The van der Waals surface area contributed by atoms with Gasteiger partial charge in [0.15, 0.2) is 6.10 Å². The minimum Gasteiger partial charge on any atom is -0.496 e. The van der Waals surface area contributed by atoms with Crippen LogP contribution in [0.4, 0.5) is 11.4 Å². The SMILES string of the molecule is COc1cc(N)c(Cl)cc1C(=O)OC(C)C(=O)Nc1cc(Cl)cc(Cl)c1. The van der Waals surface area contributed by atoms with E-state index in [1.807, 2.05) is 0 Å². The lowest BCUT2D eigenvalue weighted by Crippen LogP contribution is -2.30. The fourth-order valence-electron chi connectivity index (χ4n) is 2.04. The topological polar surface area (TPSA) is 90.7 Å². The van der Waals surface area contributed by atoms with Crippen LogP contribution >= 0.6 is 34.8 Å². The maximum Gasteiger partial charge on any atom is 0.342 e. The summed E-state index contributed by atoms with van der Waals surface area (Å²) in [6, 6.07) is 7.28. The van der Waals surface area contributed by atoms with Crippen LogP contribution in [0.25, 0.3) is 0 Å². The number of amides is 1. The highest BCUT2D eigenvalue weighted by atomic mass is 35.5. The molecule has 0 saturated heterocycles. The van der Waals surface area contributed by atoms with E-state index in [9.17, 15) is 9.59 Å². The normalized spacial score (nSPS) is 11.6. The lowest BCUT2D eigenvalue weighted by atomic mass is 10.2. The summed E-state index contributed by atoms with van der Waals surface area (Å²) in [5.41, 5.74) is 6.36. The second kappa shape index (κ2) is 8.49. The van der Waals surface area contributed by atoms with E-state index in [4.69, 9.17) is 50.0 Å². The number of rotatable bonds is 5. The standard InChI is InChI=1S/C17H15Cl3N2O4/c1-8(16(23)22-11-4-9(18)3-10(19)5-11)26-17(24)12-6-13(20)14(21)7-15(12)25-2/h3-8H,21H2,1-2H3,(H,22,23). The lowest BCUT2D eigenvalue weighted by Gasteiger charge is -2.15. The summed E-state index contributed by atoms with van der Waals surface area (Å²) in [5, 5.41) is 3.46. The Morgan fingerprint density at radius 1 is 1.08 bits per heavy atom. The Morgan fingerprint density at radius 2 is 1.69 bits per heavy atom. The molecule has 2 rings (SSSR count). The van der Waals surface area contributed by atoms with Crippen LogP contribution in [-0.4, -0.2) is 25.1 Å². The Balaban J connectivity index is 2.11. The molecule has 3 N–H and O–H groups in total. The summed E-state index contributed by atoms with van der Waals surface area (Å²) < 4.78 is 10.3. The van der Waals surface area contributed by atoms with Gasteiger partial charge in [-0.25, -0.2) is 4.79 Å². The van der Waals surface area contributed by atoms with E-state index in [2.05, 4.69) is 5.32 Å². The Labute approximate surface area is 165 Å². The number of esters is 1. The van der Waals surface area contributed by atoms with Crippen molar-refractivity contribution in [3.63, 3.8) is 0 Å². The number of anilines is 2. The first kappa shape index (κ1) is 20.2. The van der Waals surface area contributed by atoms with Crippen molar-refractivity contribution in [1.82, 2.24) is 0 Å². The average Bonchev–Trinajstić information content (AvgIpc) is 2.55. The number of carbonyl (C=O) groups is 2. The first-order chi connectivity index (χ1) is 12.2. The third-order valence-electron chi connectivity index (χ3n) is 3.32. The van der Waals surface area contributed by atoms with Gasteiger partial charge in [0.1, 0.15) is 11.3 Å². The monoisotopic (exact) mass is 416 g/mol. The van der Waals surface area contributed by atoms with Crippen LogP contribution in [0.15, 0.2) is 30.3 Å². The second-order valence-corrected chi connectivity index (χ2v) is 6.55. The van der Waals surface area contributed by atoms with Crippen molar-refractivity contribution >= 4 is 58.1 Å². The van der Waals surface area contributed by atoms with Gasteiger partial charge in [0.2, 0.25) is 0 Å². The summed E-state index contributed by atoms with van der Waals surface area (Å²) in [6.45, 7) is 1.42. The van der Waals surface area contributed by atoms with Crippen molar-refractivity contribution in [1.29, 1.82) is 0 Å². The number of hydrogen-bond acceptors (Lipinski definition) is 5. The third-order valence-corrected chi connectivity index (χ3v) is 4.09. The Kier molecular flexibility index (Phi) is 6.58. The molecule has 9 heteroatoms. The maximum atomic E-state index is 12.3. The van der Waals surface area contributed by atoms with Gasteiger partial charge < -0.3 is 20.5 Å². The number of nitrogen functional groups attached to an aromatic ring is 1. The minimum atomic E-state index is -1.10. The van der Waals surface area contributed by atoms with Gasteiger partial charge in [-0.2, -0.15) is 0 Å².